The average Bonchev–Trinajstić information content (AvgIpc) is 3.32. The summed E-state index contributed by atoms with van der Waals surface area (Å²) in [5, 5.41) is 0. The second-order valence-electron chi connectivity index (χ2n) is 10.9. The van der Waals surface area contributed by atoms with Crippen molar-refractivity contribution < 1.29 is 9.47 Å². The van der Waals surface area contributed by atoms with E-state index < -0.39 is 18.4 Å². The molecule has 3 aromatic rings. The molecule has 1 aliphatic rings. The van der Waals surface area contributed by atoms with Gasteiger partial charge < -0.3 is 0 Å². The summed E-state index contributed by atoms with van der Waals surface area (Å²) in [5.74, 6) is 1.80. The first-order valence-corrected chi connectivity index (χ1v) is 22.4. The summed E-state index contributed by atoms with van der Waals surface area (Å²) in [6.45, 7) is 7.10. The third-order valence-electron chi connectivity index (χ3n) is 8.37. The Hall–Kier alpha value is -2.46. The van der Waals surface area contributed by atoms with Crippen molar-refractivity contribution in [3.8, 4) is 11.5 Å². The Bertz CT molecular complexity index is 1250. The molecule has 39 heavy (non-hydrogen) atoms. The fraction of sp³-hybridized carbons (Fsp3) is 0.389. The molecule has 3 heteroatoms. The van der Waals surface area contributed by atoms with Gasteiger partial charge in [0.25, 0.3) is 0 Å². The van der Waals surface area contributed by atoms with Gasteiger partial charge in [-0.05, 0) is 0 Å². The van der Waals surface area contributed by atoms with E-state index in [1.165, 1.54) is 85.2 Å². The molecule has 0 spiro atoms. The van der Waals surface area contributed by atoms with Crippen LogP contribution in [0.15, 0.2) is 72.8 Å². The Kier molecular flexibility index (Phi) is 10.8. The standard InChI is InChI=1S/C24H19O2.3C4H9.Sn/c1-25-20-11-7-17(8-12-20)15-24-22-6-4-3-5-19(22)16-23(24)18-9-13-21(26-2)14-10-18;3*1-3-4-2;/h3-15H,1-2H3;3*1,3-4H2,2H3;/b24-15+;;;;. The molecule has 0 fully saturated rings. The van der Waals surface area contributed by atoms with Gasteiger partial charge >= 0.3 is 242 Å². The van der Waals surface area contributed by atoms with E-state index in [1.54, 1.807) is 17.8 Å². The maximum atomic E-state index is 5.56. The van der Waals surface area contributed by atoms with Crippen LogP contribution in [0.3, 0.4) is 0 Å². The molecular weight excluding hydrogens is 583 g/mol. The molecule has 3 aromatic carbocycles. The number of hydrogen-bond acceptors (Lipinski definition) is 2. The quantitative estimate of drug-likeness (QED) is 0.165. The number of unbranched alkanes of at least 4 members (excludes halogenated alkanes) is 3. The molecule has 206 valence electrons. The minimum absolute atomic E-state index is 0.893. The molecule has 0 unspecified atom stereocenters. The van der Waals surface area contributed by atoms with Crippen LogP contribution < -0.4 is 9.47 Å². The number of allylic oxidation sites excluding steroid dienone is 2. The van der Waals surface area contributed by atoms with Gasteiger partial charge in [0.1, 0.15) is 0 Å². The Morgan fingerprint density at radius 2 is 1.10 bits per heavy atom. The number of fused-ring (bicyclic) bond motifs is 1. The maximum absolute atomic E-state index is 5.56. The molecule has 0 aromatic heterocycles. The number of rotatable bonds is 14. The van der Waals surface area contributed by atoms with E-state index in [1.807, 2.05) is 0 Å². The summed E-state index contributed by atoms with van der Waals surface area (Å²) in [6.07, 6.45) is 10.3. The fourth-order valence-corrected chi connectivity index (χ4v) is 23.9. The molecule has 0 atom stereocenters. The zero-order valence-electron chi connectivity index (χ0n) is 24.7. The normalized spacial score (nSPS) is 14.1. The molecule has 2 nitrogen and oxygen atoms in total. The van der Waals surface area contributed by atoms with Crippen molar-refractivity contribution in [2.24, 2.45) is 0 Å². The van der Waals surface area contributed by atoms with Gasteiger partial charge in [-0.1, -0.05) is 0 Å². The van der Waals surface area contributed by atoms with Crippen molar-refractivity contribution in [3.05, 3.63) is 95.1 Å². The van der Waals surface area contributed by atoms with Crippen LogP contribution in [0.25, 0.3) is 20.8 Å². The van der Waals surface area contributed by atoms with Crippen molar-refractivity contribution in [1.82, 2.24) is 0 Å². The Balaban J connectivity index is 2.04. The van der Waals surface area contributed by atoms with E-state index in [4.69, 9.17) is 9.47 Å². The number of hydrogen-bond donors (Lipinski definition) is 0. The summed E-state index contributed by atoms with van der Waals surface area (Å²) in [4.78, 5) is 0. The molecule has 4 rings (SSSR count). The topological polar surface area (TPSA) is 18.5 Å². The fourth-order valence-electron chi connectivity index (χ4n) is 6.26. The molecule has 0 saturated carbocycles. The van der Waals surface area contributed by atoms with E-state index in [-0.39, 0.29) is 0 Å². The third-order valence-corrected chi connectivity index (χ3v) is 24.1. The zero-order valence-corrected chi connectivity index (χ0v) is 27.5. The molecule has 0 N–H and O–H groups in total. The van der Waals surface area contributed by atoms with Crippen LogP contribution >= 0.6 is 0 Å². The van der Waals surface area contributed by atoms with Gasteiger partial charge in [0.2, 0.25) is 0 Å². The molecule has 0 saturated heterocycles. The molecule has 0 heterocycles. The number of benzene rings is 3. The van der Waals surface area contributed by atoms with Crippen LogP contribution in [0.5, 0.6) is 11.5 Å². The first-order chi connectivity index (χ1) is 19.1. The van der Waals surface area contributed by atoms with E-state index >= 15 is 0 Å². The van der Waals surface area contributed by atoms with E-state index in [0.29, 0.717) is 0 Å². The summed E-state index contributed by atoms with van der Waals surface area (Å²) in [7, 11) is 3.48. The Labute approximate surface area is 241 Å². The van der Waals surface area contributed by atoms with Gasteiger partial charge in [0, 0.05) is 0 Å². The second kappa shape index (κ2) is 14.3. The van der Waals surface area contributed by atoms with E-state index in [0.717, 1.165) is 11.5 Å². The van der Waals surface area contributed by atoms with Gasteiger partial charge in [-0.25, -0.2) is 0 Å². The van der Waals surface area contributed by atoms with Gasteiger partial charge in [0.15, 0.2) is 0 Å². The molecule has 0 bridgehead atoms. The summed E-state index contributed by atoms with van der Waals surface area (Å²) in [6, 6.07) is 26.6. The van der Waals surface area contributed by atoms with Crippen LogP contribution in [0, 0.1) is 0 Å². The first kappa shape index (κ1) is 29.5. The van der Waals surface area contributed by atoms with Crippen molar-refractivity contribution in [3.63, 3.8) is 0 Å². The predicted octanol–water partition coefficient (Wildman–Crippen LogP) is 10.6. The Morgan fingerprint density at radius 3 is 1.59 bits per heavy atom. The average molecular weight is 629 g/mol. The van der Waals surface area contributed by atoms with Crippen molar-refractivity contribution in [2.75, 3.05) is 14.2 Å². The van der Waals surface area contributed by atoms with Crippen LogP contribution in [0.2, 0.25) is 13.3 Å². The summed E-state index contributed by atoms with van der Waals surface area (Å²) >= 11 is -2.85. The monoisotopic (exact) mass is 630 g/mol. The second-order valence-corrected chi connectivity index (χ2v) is 24.0. The summed E-state index contributed by atoms with van der Waals surface area (Å²) in [5.41, 5.74) is 8.33. The van der Waals surface area contributed by atoms with E-state index in [2.05, 4.69) is 99.6 Å². The zero-order chi connectivity index (χ0) is 27.7. The molecule has 0 radical (unpaired) electrons. The van der Waals surface area contributed by atoms with Gasteiger partial charge in [0.05, 0.1) is 0 Å². The number of methoxy groups -OCH3 is 2. The molecular formula is C36H46O2Sn. The van der Waals surface area contributed by atoms with Crippen molar-refractivity contribution in [1.29, 1.82) is 0 Å². The van der Waals surface area contributed by atoms with Crippen LogP contribution in [0.4, 0.5) is 0 Å². The third kappa shape index (κ3) is 6.65. The van der Waals surface area contributed by atoms with Gasteiger partial charge in [-0.2, -0.15) is 0 Å². The Morgan fingerprint density at radius 1 is 0.615 bits per heavy atom. The minimum atomic E-state index is -2.85. The van der Waals surface area contributed by atoms with Crippen molar-refractivity contribution >= 4 is 39.2 Å². The van der Waals surface area contributed by atoms with Crippen LogP contribution in [-0.2, 0) is 0 Å². The predicted molar refractivity (Wildman–Crippen MR) is 172 cm³/mol. The van der Waals surface area contributed by atoms with Crippen LogP contribution in [-0.4, -0.2) is 32.6 Å². The number of ether oxygens (including phenoxy) is 2. The van der Waals surface area contributed by atoms with Crippen LogP contribution in [0.1, 0.15) is 81.5 Å². The first-order valence-electron chi connectivity index (χ1n) is 15.0. The van der Waals surface area contributed by atoms with Gasteiger partial charge in [-0.15, -0.1) is 0 Å². The van der Waals surface area contributed by atoms with E-state index in [9.17, 15) is 0 Å². The van der Waals surface area contributed by atoms with Crippen molar-refractivity contribution in [2.45, 2.75) is 72.6 Å². The molecule has 0 aliphatic heterocycles. The summed E-state index contributed by atoms with van der Waals surface area (Å²) < 4.78 is 17.1. The molecule has 0 amide bonds. The molecule has 1 aliphatic carbocycles. The van der Waals surface area contributed by atoms with Gasteiger partial charge in [-0.3, -0.25) is 0 Å². The SMILES string of the molecule is CCC[CH2][Sn]([CH2]CCC)([CH2]CCC)[C]1=C(c2ccc(OC)cc2)/C(=C/c2ccc(OC)cc2)c2ccccc21.